The van der Waals surface area contributed by atoms with E-state index in [0.717, 1.165) is 17.8 Å². The van der Waals surface area contributed by atoms with Crippen LogP contribution < -0.4 is 10.6 Å². The number of hydrogen-bond donors (Lipinski definition) is 2. The van der Waals surface area contributed by atoms with Gasteiger partial charge < -0.3 is 15.4 Å². The van der Waals surface area contributed by atoms with Gasteiger partial charge >= 0.3 is 5.97 Å². The fourth-order valence-corrected chi connectivity index (χ4v) is 2.54. The second kappa shape index (κ2) is 8.11. The van der Waals surface area contributed by atoms with E-state index >= 15 is 0 Å². The van der Waals surface area contributed by atoms with Crippen LogP contribution in [0.2, 0.25) is 0 Å². The van der Waals surface area contributed by atoms with E-state index in [2.05, 4.69) is 33.6 Å². The summed E-state index contributed by atoms with van der Waals surface area (Å²) >= 11 is 0. The van der Waals surface area contributed by atoms with Gasteiger partial charge in [-0.1, -0.05) is 25.1 Å². The third-order valence-corrected chi connectivity index (χ3v) is 3.91. The van der Waals surface area contributed by atoms with Crippen LogP contribution in [0.3, 0.4) is 0 Å². The number of carbonyl (C=O) groups is 1. The Morgan fingerprint density at radius 2 is 1.69 bits per heavy atom. The van der Waals surface area contributed by atoms with Crippen LogP contribution in [0.4, 0.5) is 23.0 Å². The van der Waals surface area contributed by atoms with Gasteiger partial charge in [0.05, 0.1) is 12.7 Å². The molecular weight excluding hydrogens is 328 g/mol. The Morgan fingerprint density at radius 1 is 1.00 bits per heavy atom. The van der Waals surface area contributed by atoms with Crippen molar-refractivity contribution in [3.63, 3.8) is 0 Å². The molecule has 0 atom stereocenters. The number of esters is 1. The molecule has 132 valence electrons. The predicted octanol–water partition coefficient (Wildman–Crippen LogP) is 4.31. The summed E-state index contributed by atoms with van der Waals surface area (Å²) in [6, 6.07) is 17.0. The number of nitrogens with zero attached hydrogens (tertiary/aromatic N) is 2. The summed E-state index contributed by atoms with van der Waals surface area (Å²) in [4.78, 5) is 20.0. The van der Waals surface area contributed by atoms with E-state index in [4.69, 9.17) is 4.74 Å². The molecule has 0 saturated heterocycles. The van der Waals surface area contributed by atoms with Crippen LogP contribution in [-0.4, -0.2) is 23.0 Å². The quantitative estimate of drug-likeness (QED) is 0.646. The van der Waals surface area contributed by atoms with Crippen LogP contribution in [0.15, 0.2) is 60.9 Å². The molecule has 2 aromatic carbocycles. The summed E-state index contributed by atoms with van der Waals surface area (Å²) in [7, 11) is 1.36. The van der Waals surface area contributed by atoms with Crippen molar-refractivity contribution in [3.05, 3.63) is 72.1 Å². The van der Waals surface area contributed by atoms with Gasteiger partial charge in [0.15, 0.2) is 0 Å². The first-order chi connectivity index (χ1) is 12.7. The average molecular weight is 348 g/mol. The van der Waals surface area contributed by atoms with Gasteiger partial charge in [0.1, 0.15) is 18.0 Å². The third kappa shape index (κ3) is 4.16. The van der Waals surface area contributed by atoms with Crippen molar-refractivity contribution in [2.24, 2.45) is 0 Å². The highest BCUT2D eigenvalue weighted by Crippen LogP contribution is 2.22. The Kier molecular flexibility index (Phi) is 5.43. The van der Waals surface area contributed by atoms with Crippen LogP contribution in [0.25, 0.3) is 0 Å². The molecule has 0 unspecified atom stereocenters. The number of aromatic nitrogens is 2. The first-order valence-corrected chi connectivity index (χ1v) is 8.32. The number of aryl methyl sites for hydroxylation is 1. The molecule has 0 amide bonds. The van der Waals surface area contributed by atoms with E-state index in [1.165, 1.54) is 19.0 Å². The lowest BCUT2D eigenvalue weighted by atomic mass is 10.1. The second-order valence-electron chi connectivity index (χ2n) is 5.62. The highest BCUT2D eigenvalue weighted by molar-refractivity contribution is 5.89. The van der Waals surface area contributed by atoms with Crippen LogP contribution in [0, 0.1) is 0 Å². The number of methoxy groups -OCH3 is 1. The summed E-state index contributed by atoms with van der Waals surface area (Å²) in [5.74, 6) is 0.997. The van der Waals surface area contributed by atoms with E-state index in [9.17, 15) is 4.79 Å². The zero-order valence-electron chi connectivity index (χ0n) is 14.7. The SMILES string of the molecule is CCc1ccccc1Nc1cc(Nc2ccc(C(=O)OC)cc2)ncn1. The lowest BCUT2D eigenvalue weighted by Gasteiger charge is -2.11. The molecule has 6 nitrogen and oxygen atoms in total. The van der Waals surface area contributed by atoms with Gasteiger partial charge in [0, 0.05) is 17.4 Å². The maximum Gasteiger partial charge on any atom is 0.337 e. The number of carbonyl (C=O) groups excluding carboxylic acids is 1. The average Bonchev–Trinajstić information content (AvgIpc) is 2.69. The number of nitrogens with one attached hydrogen (secondary N) is 2. The van der Waals surface area contributed by atoms with Crippen LogP contribution >= 0.6 is 0 Å². The van der Waals surface area contributed by atoms with E-state index in [-0.39, 0.29) is 5.97 Å². The van der Waals surface area contributed by atoms with Crippen molar-refractivity contribution in [2.45, 2.75) is 13.3 Å². The van der Waals surface area contributed by atoms with E-state index < -0.39 is 0 Å². The molecule has 0 aliphatic carbocycles. The van der Waals surface area contributed by atoms with Crippen molar-refractivity contribution in [3.8, 4) is 0 Å². The van der Waals surface area contributed by atoms with Crippen molar-refractivity contribution in [2.75, 3.05) is 17.7 Å². The molecule has 1 heterocycles. The van der Waals surface area contributed by atoms with Gasteiger partial charge in [-0.15, -0.1) is 0 Å². The van der Waals surface area contributed by atoms with Crippen LogP contribution in [0.1, 0.15) is 22.8 Å². The largest absolute Gasteiger partial charge is 0.465 e. The summed E-state index contributed by atoms with van der Waals surface area (Å²) < 4.78 is 4.70. The maximum absolute atomic E-state index is 11.5. The van der Waals surface area contributed by atoms with Gasteiger partial charge in [0.25, 0.3) is 0 Å². The number of para-hydroxylation sites is 1. The van der Waals surface area contributed by atoms with Gasteiger partial charge in [-0.3, -0.25) is 0 Å². The predicted molar refractivity (Wildman–Crippen MR) is 102 cm³/mol. The minimum atomic E-state index is -0.361. The Labute approximate surface area is 152 Å². The maximum atomic E-state index is 11.5. The van der Waals surface area contributed by atoms with Gasteiger partial charge in [-0.05, 0) is 42.3 Å². The lowest BCUT2D eigenvalue weighted by molar-refractivity contribution is 0.0601. The van der Waals surface area contributed by atoms with Gasteiger partial charge in [-0.2, -0.15) is 0 Å². The molecule has 26 heavy (non-hydrogen) atoms. The summed E-state index contributed by atoms with van der Waals surface area (Å²) in [6.45, 7) is 2.12. The molecule has 3 aromatic rings. The highest BCUT2D eigenvalue weighted by atomic mass is 16.5. The Hall–Kier alpha value is -3.41. The fourth-order valence-electron chi connectivity index (χ4n) is 2.54. The molecule has 3 rings (SSSR count). The van der Waals surface area contributed by atoms with Crippen molar-refractivity contribution < 1.29 is 9.53 Å². The van der Waals surface area contributed by atoms with Crippen LogP contribution in [0.5, 0.6) is 0 Å². The molecule has 0 bridgehead atoms. The molecule has 0 saturated carbocycles. The van der Waals surface area contributed by atoms with Crippen molar-refractivity contribution in [1.82, 2.24) is 9.97 Å². The van der Waals surface area contributed by atoms with Crippen molar-refractivity contribution >= 4 is 29.0 Å². The number of benzene rings is 2. The van der Waals surface area contributed by atoms with Gasteiger partial charge in [-0.25, -0.2) is 14.8 Å². The number of hydrogen-bond acceptors (Lipinski definition) is 6. The smallest absolute Gasteiger partial charge is 0.337 e. The highest BCUT2D eigenvalue weighted by Gasteiger charge is 2.06. The topological polar surface area (TPSA) is 76.1 Å². The number of rotatable bonds is 6. The number of anilines is 4. The minimum absolute atomic E-state index is 0.361. The molecule has 0 aliphatic rings. The zero-order chi connectivity index (χ0) is 18.4. The van der Waals surface area contributed by atoms with E-state index in [0.29, 0.717) is 17.2 Å². The summed E-state index contributed by atoms with van der Waals surface area (Å²) in [6.07, 6.45) is 2.44. The molecule has 0 fully saturated rings. The molecule has 1 aromatic heterocycles. The monoisotopic (exact) mass is 348 g/mol. The first-order valence-electron chi connectivity index (χ1n) is 8.32. The Morgan fingerprint density at radius 3 is 2.38 bits per heavy atom. The minimum Gasteiger partial charge on any atom is -0.465 e. The van der Waals surface area contributed by atoms with Gasteiger partial charge in [0.2, 0.25) is 0 Å². The molecule has 2 N–H and O–H groups in total. The zero-order valence-corrected chi connectivity index (χ0v) is 14.7. The second-order valence-corrected chi connectivity index (χ2v) is 5.62. The van der Waals surface area contributed by atoms with E-state index in [1.807, 2.05) is 24.3 Å². The molecule has 6 heteroatoms. The third-order valence-electron chi connectivity index (χ3n) is 3.91. The first kappa shape index (κ1) is 17.4. The van der Waals surface area contributed by atoms with Crippen molar-refractivity contribution in [1.29, 1.82) is 0 Å². The standard InChI is InChI=1S/C20H20N4O2/c1-3-14-6-4-5-7-17(14)24-19-12-18(21-13-22-19)23-16-10-8-15(9-11-16)20(25)26-2/h4-13H,3H2,1-2H3,(H2,21,22,23,24). The fraction of sp³-hybridized carbons (Fsp3) is 0.150. The summed E-state index contributed by atoms with van der Waals surface area (Å²) in [5, 5.41) is 6.53. The van der Waals surface area contributed by atoms with Crippen LogP contribution in [-0.2, 0) is 11.2 Å². The Balaban J connectivity index is 1.74. The molecule has 0 radical (unpaired) electrons. The molecule has 0 aliphatic heterocycles. The lowest BCUT2D eigenvalue weighted by Crippen LogP contribution is -2.02. The number of ether oxygens (including phenoxy) is 1. The molecular formula is C20H20N4O2. The molecule has 0 spiro atoms. The van der Waals surface area contributed by atoms with E-state index in [1.54, 1.807) is 24.3 Å². The summed E-state index contributed by atoms with van der Waals surface area (Å²) in [5.41, 5.74) is 3.57. The normalized spacial score (nSPS) is 10.2. The Bertz CT molecular complexity index is 894.